The molecule has 1 amide bonds. The molecular weight excluding hydrogens is 138 g/mol. The molecule has 0 aromatic carbocycles. The van der Waals surface area contributed by atoms with E-state index in [0.29, 0.717) is 13.2 Å². The van der Waals surface area contributed by atoms with Crippen LogP contribution in [-0.4, -0.2) is 31.5 Å². The van der Waals surface area contributed by atoms with Crippen LogP contribution in [0.25, 0.3) is 0 Å². The second-order valence-corrected chi connectivity index (χ2v) is 1.75. The van der Waals surface area contributed by atoms with Crippen molar-refractivity contribution >= 4 is 12.2 Å². The Bertz CT molecular complexity index is 180. The molecule has 54 valence electrons. The van der Waals surface area contributed by atoms with E-state index in [2.05, 4.69) is 9.73 Å². The lowest BCUT2D eigenvalue weighted by atomic mass is 10.3. The zero-order chi connectivity index (χ0) is 7.40. The maximum Gasteiger partial charge on any atom is 0.445 e. The number of aliphatic imine (C=N–C) groups is 1. The maximum atomic E-state index is 10.3. The number of carbonyl (C=O) groups is 1. The van der Waals surface area contributed by atoms with Crippen LogP contribution in [0.1, 0.15) is 0 Å². The van der Waals surface area contributed by atoms with Crippen molar-refractivity contribution < 1.29 is 19.1 Å². The molecular formula is C5H5NO4. The van der Waals surface area contributed by atoms with Gasteiger partial charge in [0.1, 0.15) is 0 Å². The predicted molar refractivity (Wildman–Crippen MR) is 29.2 cm³/mol. The average Bonchev–Trinajstić information content (AvgIpc) is 1.80. The SMILES string of the molecule is O=C=NC(=O)OC1COC1. The van der Waals surface area contributed by atoms with Crippen LogP contribution < -0.4 is 0 Å². The Morgan fingerprint density at radius 1 is 1.70 bits per heavy atom. The van der Waals surface area contributed by atoms with Gasteiger partial charge in [-0.2, -0.15) is 0 Å². The summed E-state index contributed by atoms with van der Waals surface area (Å²) >= 11 is 0. The van der Waals surface area contributed by atoms with Crippen LogP contribution in [0.5, 0.6) is 0 Å². The van der Waals surface area contributed by atoms with Crippen LogP contribution >= 0.6 is 0 Å². The minimum atomic E-state index is -0.900. The zero-order valence-corrected chi connectivity index (χ0v) is 5.07. The molecule has 0 spiro atoms. The number of nitrogens with zero attached hydrogens (tertiary/aromatic N) is 1. The third kappa shape index (κ3) is 1.65. The normalized spacial score (nSPS) is 16.8. The summed E-state index contributed by atoms with van der Waals surface area (Å²) < 4.78 is 9.23. The molecule has 0 radical (unpaired) electrons. The van der Waals surface area contributed by atoms with Gasteiger partial charge in [-0.05, 0) is 0 Å². The molecule has 0 aromatic heterocycles. The Morgan fingerprint density at radius 2 is 2.40 bits per heavy atom. The van der Waals surface area contributed by atoms with Gasteiger partial charge in [-0.25, -0.2) is 9.59 Å². The van der Waals surface area contributed by atoms with Crippen LogP contribution in [0.4, 0.5) is 4.79 Å². The molecule has 5 heteroatoms. The van der Waals surface area contributed by atoms with Gasteiger partial charge in [-0.1, -0.05) is 4.99 Å². The van der Waals surface area contributed by atoms with Gasteiger partial charge in [0.15, 0.2) is 6.10 Å². The molecule has 5 nitrogen and oxygen atoms in total. The Hall–Kier alpha value is -1.19. The number of isocyanates is 1. The molecule has 0 N–H and O–H groups in total. The second-order valence-electron chi connectivity index (χ2n) is 1.75. The van der Waals surface area contributed by atoms with Crippen molar-refractivity contribution in [3.8, 4) is 0 Å². The first kappa shape index (κ1) is 6.92. The fourth-order valence-electron chi connectivity index (χ4n) is 0.488. The topological polar surface area (TPSA) is 65.0 Å². The van der Waals surface area contributed by atoms with Crippen LogP contribution in [0.2, 0.25) is 0 Å². The number of carbonyl (C=O) groups excluding carboxylic acids is 2. The highest BCUT2D eigenvalue weighted by Crippen LogP contribution is 2.05. The van der Waals surface area contributed by atoms with E-state index in [1.807, 2.05) is 0 Å². The van der Waals surface area contributed by atoms with Crippen molar-refractivity contribution in [2.24, 2.45) is 4.99 Å². The summed E-state index contributed by atoms with van der Waals surface area (Å²) in [6.07, 6.45) is -0.0509. The van der Waals surface area contributed by atoms with Crippen molar-refractivity contribution in [3.63, 3.8) is 0 Å². The lowest BCUT2D eigenvalue weighted by Gasteiger charge is -2.23. The molecule has 0 aliphatic carbocycles. The quantitative estimate of drug-likeness (QED) is 0.378. The van der Waals surface area contributed by atoms with Gasteiger partial charge in [0, 0.05) is 0 Å². The van der Waals surface area contributed by atoms with Gasteiger partial charge in [-0.3, -0.25) is 0 Å². The van der Waals surface area contributed by atoms with E-state index in [1.54, 1.807) is 0 Å². The Balaban J connectivity index is 2.23. The molecule has 0 atom stereocenters. The molecule has 1 fully saturated rings. The summed E-state index contributed by atoms with van der Waals surface area (Å²) in [5.74, 6) is 0. The van der Waals surface area contributed by atoms with Crippen LogP contribution in [-0.2, 0) is 14.3 Å². The number of rotatable bonds is 1. The Kier molecular flexibility index (Phi) is 2.15. The van der Waals surface area contributed by atoms with Crippen LogP contribution in [0, 0.1) is 0 Å². The van der Waals surface area contributed by atoms with E-state index < -0.39 is 6.09 Å². The summed E-state index contributed by atoms with van der Waals surface area (Å²) in [7, 11) is 0. The molecule has 1 aliphatic rings. The molecule has 0 unspecified atom stereocenters. The lowest BCUT2D eigenvalue weighted by Crippen LogP contribution is -2.37. The molecule has 1 heterocycles. The summed E-state index contributed by atoms with van der Waals surface area (Å²) in [5.41, 5.74) is 0. The highest BCUT2D eigenvalue weighted by atomic mass is 16.6. The largest absolute Gasteiger partial charge is 0.445 e. The molecule has 0 aromatic rings. The van der Waals surface area contributed by atoms with Gasteiger partial charge >= 0.3 is 6.09 Å². The summed E-state index contributed by atoms with van der Waals surface area (Å²) in [4.78, 5) is 22.5. The van der Waals surface area contributed by atoms with Gasteiger partial charge in [-0.15, -0.1) is 0 Å². The Morgan fingerprint density at radius 3 is 2.80 bits per heavy atom. The molecule has 1 rings (SSSR count). The van der Waals surface area contributed by atoms with Gasteiger partial charge < -0.3 is 9.47 Å². The molecule has 10 heavy (non-hydrogen) atoms. The van der Waals surface area contributed by atoms with E-state index in [0.717, 1.165) is 6.08 Å². The highest BCUT2D eigenvalue weighted by molar-refractivity contribution is 5.74. The standard InChI is InChI=1S/C5H5NO4/c7-3-6-5(8)10-4-1-9-2-4/h4H,1-2H2. The first-order valence-electron chi connectivity index (χ1n) is 2.69. The first-order chi connectivity index (χ1) is 4.83. The maximum absolute atomic E-state index is 10.3. The van der Waals surface area contributed by atoms with E-state index in [4.69, 9.17) is 4.74 Å². The smallest absolute Gasteiger partial charge is 0.439 e. The monoisotopic (exact) mass is 143 g/mol. The van der Waals surface area contributed by atoms with Crippen LogP contribution in [0.15, 0.2) is 4.99 Å². The molecule has 1 saturated heterocycles. The molecule has 0 bridgehead atoms. The summed E-state index contributed by atoms with van der Waals surface area (Å²) in [5, 5.41) is 0. The summed E-state index contributed by atoms with van der Waals surface area (Å²) in [6, 6.07) is 0. The van der Waals surface area contributed by atoms with Gasteiger partial charge in [0.05, 0.1) is 13.2 Å². The second kappa shape index (κ2) is 3.10. The van der Waals surface area contributed by atoms with Gasteiger partial charge in [0.25, 0.3) is 0 Å². The summed E-state index contributed by atoms with van der Waals surface area (Å²) in [6.45, 7) is 0.778. The van der Waals surface area contributed by atoms with E-state index in [-0.39, 0.29) is 6.10 Å². The minimum absolute atomic E-state index is 0.232. The van der Waals surface area contributed by atoms with Crippen molar-refractivity contribution in [1.82, 2.24) is 0 Å². The van der Waals surface area contributed by atoms with Crippen molar-refractivity contribution in [2.75, 3.05) is 13.2 Å². The third-order valence-corrected chi connectivity index (χ3v) is 1.01. The van der Waals surface area contributed by atoms with Crippen molar-refractivity contribution in [3.05, 3.63) is 0 Å². The fraction of sp³-hybridized carbons (Fsp3) is 0.600. The predicted octanol–water partition coefficient (Wildman–Crippen LogP) is -0.142. The van der Waals surface area contributed by atoms with Crippen LogP contribution in [0.3, 0.4) is 0 Å². The highest BCUT2D eigenvalue weighted by Gasteiger charge is 2.22. The van der Waals surface area contributed by atoms with E-state index in [9.17, 15) is 9.59 Å². The van der Waals surface area contributed by atoms with Crippen molar-refractivity contribution in [1.29, 1.82) is 0 Å². The lowest BCUT2D eigenvalue weighted by molar-refractivity contribution is -0.0959. The number of amides is 1. The van der Waals surface area contributed by atoms with Crippen molar-refractivity contribution in [2.45, 2.75) is 6.10 Å². The zero-order valence-electron chi connectivity index (χ0n) is 5.07. The number of hydrogen-bond acceptors (Lipinski definition) is 4. The fourth-order valence-corrected chi connectivity index (χ4v) is 0.488. The van der Waals surface area contributed by atoms with Gasteiger partial charge in [0.2, 0.25) is 6.08 Å². The number of hydrogen-bond donors (Lipinski definition) is 0. The molecule has 1 aliphatic heterocycles. The van der Waals surface area contributed by atoms with E-state index >= 15 is 0 Å². The Labute approximate surface area is 56.6 Å². The number of ether oxygens (including phenoxy) is 2. The average molecular weight is 143 g/mol. The van der Waals surface area contributed by atoms with E-state index in [1.165, 1.54) is 0 Å². The third-order valence-electron chi connectivity index (χ3n) is 1.01. The first-order valence-corrected chi connectivity index (χ1v) is 2.69. The molecule has 0 saturated carbocycles. The minimum Gasteiger partial charge on any atom is -0.439 e.